The molecule has 1 unspecified atom stereocenters. The van der Waals surface area contributed by atoms with Crippen molar-refractivity contribution in [3.63, 3.8) is 0 Å². The molecule has 0 aliphatic heterocycles. The van der Waals surface area contributed by atoms with E-state index in [1.165, 1.54) is 0 Å². The van der Waals surface area contributed by atoms with Crippen molar-refractivity contribution in [2.75, 3.05) is 0 Å². The van der Waals surface area contributed by atoms with E-state index in [1.54, 1.807) is 31.2 Å². The first-order valence-electron chi connectivity index (χ1n) is 6.84. The number of fused-ring (bicyclic) bond motifs is 1. The van der Waals surface area contributed by atoms with Crippen molar-refractivity contribution in [1.29, 1.82) is 0 Å². The topological polar surface area (TPSA) is 82.8 Å². The lowest BCUT2D eigenvalue weighted by atomic mass is 10.0. The molecule has 0 radical (unpaired) electrons. The fourth-order valence-electron chi connectivity index (χ4n) is 1.92. The van der Waals surface area contributed by atoms with Crippen molar-refractivity contribution in [1.82, 2.24) is 10.2 Å². The Morgan fingerprint density at radius 1 is 1.14 bits per heavy atom. The van der Waals surface area contributed by atoms with Gasteiger partial charge in [0.2, 0.25) is 0 Å². The van der Waals surface area contributed by atoms with Crippen LogP contribution in [0.15, 0.2) is 46.0 Å². The summed E-state index contributed by atoms with van der Waals surface area (Å²) in [5.41, 5.74) is -0.546. The van der Waals surface area contributed by atoms with Crippen molar-refractivity contribution in [3.05, 3.63) is 57.1 Å². The van der Waals surface area contributed by atoms with Crippen molar-refractivity contribution in [3.8, 4) is 0 Å². The first kappa shape index (κ1) is 16.6. The summed E-state index contributed by atoms with van der Waals surface area (Å²) >= 11 is 0. The normalized spacial score (nSPS) is 12.0. The van der Waals surface area contributed by atoms with Crippen LogP contribution in [-0.2, 0) is 4.79 Å². The molecule has 112 valence electrons. The molecule has 21 heavy (non-hydrogen) atoms. The molecule has 5 nitrogen and oxygen atoms in total. The number of H-pyrrole nitrogens is 2. The molecule has 0 aliphatic carbocycles. The van der Waals surface area contributed by atoms with Gasteiger partial charge in [0.15, 0.2) is 0 Å². The number of carbonyl (C=O) groups excluding carboxylic acids is 1. The Labute approximate surface area is 122 Å². The minimum Gasteiger partial charge on any atom is -0.299 e. The van der Waals surface area contributed by atoms with Crippen LogP contribution in [0.1, 0.15) is 27.2 Å². The van der Waals surface area contributed by atoms with Gasteiger partial charge in [-0.05, 0) is 32.4 Å². The molecule has 1 aromatic heterocycles. The second kappa shape index (κ2) is 7.99. The lowest BCUT2D eigenvalue weighted by Gasteiger charge is -2.01. The Kier molecular flexibility index (Phi) is 6.33. The van der Waals surface area contributed by atoms with E-state index in [0.717, 1.165) is 6.42 Å². The molecule has 0 aliphatic rings. The van der Waals surface area contributed by atoms with Gasteiger partial charge in [0, 0.05) is 5.92 Å². The minimum absolute atomic E-state index is 0.148. The predicted octanol–water partition coefficient (Wildman–Crippen LogP) is 2.39. The van der Waals surface area contributed by atoms with Crippen molar-refractivity contribution in [2.45, 2.75) is 27.2 Å². The van der Waals surface area contributed by atoms with Crippen LogP contribution in [0.25, 0.3) is 10.8 Å². The fraction of sp³-hybridized carbons (Fsp3) is 0.312. The quantitative estimate of drug-likeness (QED) is 0.851. The van der Waals surface area contributed by atoms with Gasteiger partial charge in [-0.3, -0.25) is 24.6 Å². The van der Waals surface area contributed by atoms with Gasteiger partial charge in [-0.25, -0.2) is 0 Å². The lowest BCUT2D eigenvalue weighted by molar-refractivity contribution is -0.119. The zero-order valence-corrected chi connectivity index (χ0v) is 12.5. The van der Waals surface area contributed by atoms with Gasteiger partial charge in [-0.15, -0.1) is 0 Å². The summed E-state index contributed by atoms with van der Waals surface area (Å²) < 4.78 is 0. The molecule has 2 rings (SSSR count). The van der Waals surface area contributed by atoms with Crippen LogP contribution in [0.3, 0.4) is 0 Å². The van der Waals surface area contributed by atoms with Crippen LogP contribution in [0, 0.1) is 5.92 Å². The van der Waals surface area contributed by atoms with Crippen LogP contribution in [-0.4, -0.2) is 16.0 Å². The highest BCUT2D eigenvalue weighted by Gasteiger charge is 2.04. The highest BCUT2D eigenvalue weighted by Crippen LogP contribution is 2.04. The minimum atomic E-state index is -0.273. The highest BCUT2D eigenvalue weighted by atomic mass is 16.1. The highest BCUT2D eigenvalue weighted by molar-refractivity contribution is 5.80. The number of rotatable bonds is 3. The average Bonchev–Trinajstić information content (AvgIpc) is 2.49. The molecule has 5 heteroatoms. The monoisotopic (exact) mass is 288 g/mol. The van der Waals surface area contributed by atoms with Crippen molar-refractivity contribution >= 4 is 16.6 Å². The summed E-state index contributed by atoms with van der Waals surface area (Å²) in [6.07, 6.45) is 4.79. The van der Waals surface area contributed by atoms with Crippen molar-refractivity contribution in [2.24, 2.45) is 5.92 Å². The summed E-state index contributed by atoms with van der Waals surface area (Å²) in [6, 6.07) is 6.67. The Morgan fingerprint density at radius 2 is 1.62 bits per heavy atom. The maximum Gasteiger partial charge on any atom is 0.270 e. The predicted molar refractivity (Wildman–Crippen MR) is 84.5 cm³/mol. The smallest absolute Gasteiger partial charge is 0.270 e. The van der Waals surface area contributed by atoms with Crippen molar-refractivity contribution < 1.29 is 4.79 Å². The maximum absolute atomic E-state index is 11.1. The Bertz CT molecular complexity index is 692. The van der Waals surface area contributed by atoms with Crippen LogP contribution in [0.4, 0.5) is 0 Å². The third-order valence-electron chi connectivity index (χ3n) is 3.09. The van der Waals surface area contributed by atoms with E-state index in [0.29, 0.717) is 10.8 Å². The zero-order chi connectivity index (χ0) is 15.8. The van der Waals surface area contributed by atoms with Gasteiger partial charge in [-0.2, -0.15) is 0 Å². The molecular weight excluding hydrogens is 268 g/mol. The second-order valence-corrected chi connectivity index (χ2v) is 4.61. The Hall–Kier alpha value is -2.43. The average molecular weight is 288 g/mol. The molecule has 1 heterocycles. The molecule has 0 bridgehead atoms. The van der Waals surface area contributed by atoms with E-state index in [9.17, 15) is 14.4 Å². The molecule has 2 N–H and O–H groups in total. The first-order chi connectivity index (χ1) is 10.0. The van der Waals surface area contributed by atoms with Crippen LogP contribution >= 0.6 is 0 Å². The largest absolute Gasteiger partial charge is 0.299 e. The van der Waals surface area contributed by atoms with Crippen LogP contribution in [0.2, 0.25) is 0 Å². The van der Waals surface area contributed by atoms with E-state index in [1.807, 2.05) is 26.0 Å². The number of allylic oxidation sites excluding steroid dienone is 2. The Balaban J connectivity index is 0.000000222. The molecule has 0 saturated carbocycles. The number of aromatic nitrogens is 2. The SMILES string of the molecule is CC=CC(CC)C(C)=O.O=c1[nH][nH]c(=O)c2ccccc12. The summed E-state index contributed by atoms with van der Waals surface area (Å²) in [7, 11) is 0. The van der Waals surface area contributed by atoms with Crippen LogP contribution in [0.5, 0.6) is 0 Å². The lowest BCUT2D eigenvalue weighted by Crippen LogP contribution is -2.18. The molecule has 0 spiro atoms. The first-order valence-corrected chi connectivity index (χ1v) is 6.84. The standard InChI is InChI=1S/C8H6N2O2.C8H14O/c11-7-5-3-1-2-4-6(5)8(12)10-9-7;1-4-6-8(5-2)7(3)9/h1-4H,(H,9,11)(H,10,12);4,6,8H,5H2,1-3H3. The van der Waals surface area contributed by atoms with Gasteiger partial charge in [-0.1, -0.05) is 31.2 Å². The summed E-state index contributed by atoms with van der Waals surface area (Å²) in [5.74, 6) is 0.408. The number of ketones is 1. The molecule has 1 atom stereocenters. The number of hydrogen-bond acceptors (Lipinski definition) is 3. The van der Waals surface area contributed by atoms with Gasteiger partial charge in [0.25, 0.3) is 11.1 Å². The third-order valence-corrected chi connectivity index (χ3v) is 3.09. The molecule has 0 amide bonds. The van der Waals surface area contributed by atoms with E-state index >= 15 is 0 Å². The molecule has 2 aromatic rings. The van der Waals surface area contributed by atoms with E-state index < -0.39 is 0 Å². The summed E-state index contributed by atoms with van der Waals surface area (Å²) in [5, 5.41) is 5.33. The number of nitrogens with one attached hydrogen (secondary N) is 2. The molecule has 1 aromatic carbocycles. The summed E-state index contributed by atoms with van der Waals surface area (Å²) in [6.45, 7) is 5.59. The Morgan fingerprint density at radius 3 is 1.90 bits per heavy atom. The van der Waals surface area contributed by atoms with Gasteiger partial charge >= 0.3 is 0 Å². The number of Topliss-reactive ketones (excluding diaryl/α,β-unsaturated/α-hetero) is 1. The second-order valence-electron chi connectivity index (χ2n) is 4.61. The number of benzene rings is 1. The third kappa shape index (κ3) is 4.56. The van der Waals surface area contributed by atoms with Crippen LogP contribution < -0.4 is 11.1 Å². The molecular formula is C16H20N2O3. The maximum atomic E-state index is 11.1. The zero-order valence-electron chi connectivity index (χ0n) is 12.5. The van der Waals surface area contributed by atoms with E-state index in [-0.39, 0.29) is 22.8 Å². The fourth-order valence-corrected chi connectivity index (χ4v) is 1.92. The molecule has 0 fully saturated rings. The number of hydrogen-bond donors (Lipinski definition) is 2. The number of carbonyl (C=O) groups is 1. The van der Waals surface area contributed by atoms with Gasteiger partial charge in [0.05, 0.1) is 10.8 Å². The summed E-state index contributed by atoms with van der Waals surface area (Å²) in [4.78, 5) is 32.9. The molecule has 0 saturated heterocycles. The van der Waals surface area contributed by atoms with Gasteiger partial charge < -0.3 is 0 Å². The van der Waals surface area contributed by atoms with E-state index in [2.05, 4.69) is 10.2 Å². The number of aromatic amines is 2. The van der Waals surface area contributed by atoms with Gasteiger partial charge in [0.1, 0.15) is 5.78 Å². The van der Waals surface area contributed by atoms with E-state index in [4.69, 9.17) is 0 Å².